The number of hydrogen-bond acceptors (Lipinski definition) is 3. The lowest BCUT2D eigenvalue weighted by Gasteiger charge is -2.46. The van der Waals surface area contributed by atoms with E-state index in [-0.39, 0.29) is 5.91 Å². The quantitative estimate of drug-likeness (QED) is 0.920. The van der Waals surface area contributed by atoms with Crippen LogP contribution in [0.25, 0.3) is 0 Å². The van der Waals surface area contributed by atoms with Crippen molar-refractivity contribution < 1.29 is 4.79 Å². The number of nitrogens with zero attached hydrogens (tertiary/aromatic N) is 2. The predicted molar refractivity (Wildman–Crippen MR) is 85.4 cm³/mol. The highest BCUT2D eigenvalue weighted by atomic mass is 16.2. The summed E-state index contributed by atoms with van der Waals surface area (Å²) in [6, 6.07) is 9.36. The maximum absolute atomic E-state index is 12.4. The minimum absolute atomic E-state index is 0.188. The van der Waals surface area contributed by atoms with Crippen LogP contribution in [0.4, 0.5) is 5.69 Å². The molecular formula is C17H25N3O. The first kappa shape index (κ1) is 14.4. The Hall–Kier alpha value is -1.55. The van der Waals surface area contributed by atoms with Crippen LogP contribution in [0.1, 0.15) is 32.3 Å². The van der Waals surface area contributed by atoms with Gasteiger partial charge < -0.3 is 15.1 Å². The van der Waals surface area contributed by atoms with Gasteiger partial charge in [0.2, 0.25) is 5.91 Å². The van der Waals surface area contributed by atoms with Gasteiger partial charge in [-0.15, -0.1) is 0 Å². The van der Waals surface area contributed by atoms with Gasteiger partial charge in [-0.1, -0.05) is 12.1 Å². The first-order valence-corrected chi connectivity index (χ1v) is 7.84. The Morgan fingerprint density at radius 3 is 2.48 bits per heavy atom. The molecule has 114 valence electrons. The lowest BCUT2D eigenvalue weighted by molar-refractivity contribution is -0.136. The molecule has 1 N–H and O–H groups in total. The summed E-state index contributed by atoms with van der Waals surface area (Å²) in [6.07, 6.45) is 2.63. The van der Waals surface area contributed by atoms with Crippen LogP contribution in [-0.2, 0) is 11.3 Å². The Balaban J connectivity index is 1.71. The zero-order valence-corrected chi connectivity index (χ0v) is 13.2. The molecule has 0 spiro atoms. The minimum atomic E-state index is -0.471. The van der Waals surface area contributed by atoms with Crippen LogP contribution in [-0.4, -0.2) is 42.5 Å². The van der Waals surface area contributed by atoms with Crippen LogP contribution in [0, 0.1) is 0 Å². The van der Waals surface area contributed by atoms with Crippen LogP contribution in [0.15, 0.2) is 24.3 Å². The van der Waals surface area contributed by atoms with Crippen molar-refractivity contribution in [3.63, 3.8) is 0 Å². The maximum Gasteiger partial charge on any atom is 0.247 e. The number of carbonyl (C=O) groups is 1. The Labute approximate surface area is 127 Å². The molecule has 0 atom stereocenters. The van der Waals surface area contributed by atoms with Gasteiger partial charge in [0, 0.05) is 38.4 Å². The van der Waals surface area contributed by atoms with E-state index in [1.54, 1.807) is 0 Å². The van der Waals surface area contributed by atoms with E-state index >= 15 is 0 Å². The number of benzene rings is 1. The fourth-order valence-electron chi connectivity index (χ4n) is 3.01. The molecule has 1 saturated heterocycles. The number of rotatable bonds is 4. The Bertz CT molecular complexity index is 519. The fraction of sp³-hybridized carbons (Fsp3) is 0.588. The molecule has 3 rings (SSSR count). The number of nitrogens with one attached hydrogen (secondary N) is 1. The number of anilines is 1. The third-order valence-corrected chi connectivity index (χ3v) is 4.62. The number of carbonyl (C=O) groups excluding carboxylic acids is 1. The molecule has 0 radical (unpaired) electrons. The van der Waals surface area contributed by atoms with Crippen LogP contribution in [0.2, 0.25) is 0 Å². The zero-order chi connectivity index (χ0) is 15.0. The molecule has 2 fully saturated rings. The summed E-state index contributed by atoms with van der Waals surface area (Å²) >= 11 is 0. The number of hydrogen-bond donors (Lipinski definition) is 1. The van der Waals surface area contributed by atoms with Gasteiger partial charge in [-0.05, 0) is 44.4 Å². The highest BCUT2D eigenvalue weighted by molar-refractivity contribution is 5.90. The van der Waals surface area contributed by atoms with Gasteiger partial charge in [-0.25, -0.2) is 0 Å². The smallest absolute Gasteiger partial charge is 0.247 e. The molecule has 1 aliphatic heterocycles. The molecule has 1 amide bonds. The topological polar surface area (TPSA) is 35.6 Å². The van der Waals surface area contributed by atoms with Crippen molar-refractivity contribution in [2.45, 2.75) is 44.8 Å². The number of amides is 1. The summed E-state index contributed by atoms with van der Waals surface area (Å²) in [4.78, 5) is 16.4. The Morgan fingerprint density at radius 1 is 1.19 bits per heavy atom. The summed E-state index contributed by atoms with van der Waals surface area (Å²) in [5, 5.41) is 3.53. The Kier molecular flexibility index (Phi) is 3.66. The molecule has 1 aliphatic carbocycles. The van der Waals surface area contributed by atoms with Crippen molar-refractivity contribution in [1.29, 1.82) is 0 Å². The van der Waals surface area contributed by atoms with Gasteiger partial charge in [0.15, 0.2) is 0 Å². The van der Waals surface area contributed by atoms with Gasteiger partial charge in [0.1, 0.15) is 5.54 Å². The Morgan fingerprint density at radius 2 is 1.86 bits per heavy atom. The lowest BCUT2D eigenvalue weighted by atomic mass is 9.96. The van der Waals surface area contributed by atoms with E-state index in [0.29, 0.717) is 0 Å². The molecule has 1 aromatic carbocycles. The average Bonchev–Trinajstić information content (AvgIpc) is 3.28. The molecule has 0 unspecified atom stereocenters. The summed E-state index contributed by atoms with van der Waals surface area (Å²) in [7, 11) is 1.88. The van der Waals surface area contributed by atoms with E-state index in [1.165, 1.54) is 18.4 Å². The number of piperazine rings is 1. The van der Waals surface area contributed by atoms with Crippen molar-refractivity contribution in [1.82, 2.24) is 10.2 Å². The lowest BCUT2D eigenvalue weighted by Crippen LogP contribution is -2.62. The van der Waals surface area contributed by atoms with Gasteiger partial charge in [-0.2, -0.15) is 0 Å². The normalized spacial score (nSPS) is 21.8. The minimum Gasteiger partial charge on any atom is -0.356 e. The van der Waals surface area contributed by atoms with Crippen molar-refractivity contribution in [3.05, 3.63) is 29.8 Å². The van der Waals surface area contributed by atoms with E-state index in [1.807, 2.05) is 25.8 Å². The first-order chi connectivity index (χ1) is 9.98. The van der Waals surface area contributed by atoms with Crippen molar-refractivity contribution in [2.24, 2.45) is 0 Å². The third-order valence-electron chi connectivity index (χ3n) is 4.62. The molecule has 4 nitrogen and oxygen atoms in total. The highest BCUT2D eigenvalue weighted by Gasteiger charge is 2.40. The van der Waals surface area contributed by atoms with Crippen LogP contribution >= 0.6 is 0 Å². The van der Waals surface area contributed by atoms with E-state index in [2.05, 4.69) is 34.5 Å². The van der Waals surface area contributed by atoms with Crippen molar-refractivity contribution >= 4 is 11.6 Å². The highest BCUT2D eigenvalue weighted by Crippen LogP contribution is 2.28. The molecule has 0 bridgehead atoms. The molecule has 1 aromatic rings. The maximum atomic E-state index is 12.4. The van der Waals surface area contributed by atoms with E-state index in [9.17, 15) is 4.79 Å². The molecule has 1 saturated carbocycles. The molecular weight excluding hydrogens is 262 g/mol. The molecule has 21 heavy (non-hydrogen) atoms. The van der Waals surface area contributed by atoms with E-state index < -0.39 is 5.54 Å². The molecule has 1 heterocycles. The van der Waals surface area contributed by atoms with Crippen molar-refractivity contribution in [2.75, 3.05) is 25.0 Å². The van der Waals surface area contributed by atoms with Crippen LogP contribution in [0.5, 0.6) is 0 Å². The SMILES string of the molecule is CN1CCN(c2ccc(CNC3CC3)cc2)C(C)(C)C1=O. The largest absolute Gasteiger partial charge is 0.356 e. The fourth-order valence-corrected chi connectivity index (χ4v) is 3.01. The van der Waals surface area contributed by atoms with E-state index in [4.69, 9.17) is 0 Å². The zero-order valence-electron chi connectivity index (χ0n) is 13.2. The second kappa shape index (κ2) is 5.34. The van der Waals surface area contributed by atoms with Crippen LogP contribution in [0.3, 0.4) is 0 Å². The van der Waals surface area contributed by atoms with Crippen LogP contribution < -0.4 is 10.2 Å². The third kappa shape index (κ3) is 2.91. The molecule has 4 heteroatoms. The average molecular weight is 287 g/mol. The second-order valence-corrected chi connectivity index (χ2v) is 6.76. The standard InChI is InChI=1S/C17H25N3O/c1-17(2)16(21)19(3)10-11-20(17)15-8-4-13(5-9-15)12-18-14-6-7-14/h4-5,8-9,14,18H,6-7,10-12H2,1-3H3. The van der Waals surface area contributed by atoms with Gasteiger partial charge in [0.05, 0.1) is 0 Å². The van der Waals surface area contributed by atoms with Crippen molar-refractivity contribution in [3.8, 4) is 0 Å². The summed E-state index contributed by atoms with van der Waals surface area (Å²) in [5.41, 5.74) is 1.97. The van der Waals surface area contributed by atoms with Gasteiger partial charge >= 0.3 is 0 Å². The summed E-state index contributed by atoms with van der Waals surface area (Å²) < 4.78 is 0. The van der Waals surface area contributed by atoms with E-state index in [0.717, 1.165) is 31.4 Å². The second-order valence-electron chi connectivity index (χ2n) is 6.76. The molecule has 2 aliphatic rings. The predicted octanol–water partition coefficient (Wildman–Crippen LogP) is 2.00. The van der Waals surface area contributed by atoms with Gasteiger partial charge in [-0.3, -0.25) is 4.79 Å². The monoisotopic (exact) mass is 287 g/mol. The number of likely N-dealkylation sites (N-methyl/N-ethyl adjacent to an activating group) is 1. The molecule has 0 aromatic heterocycles. The first-order valence-electron chi connectivity index (χ1n) is 7.84. The van der Waals surface area contributed by atoms with Gasteiger partial charge in [0.25, 0.3) is 0 Å². The summed E-state index contributed by atoms with van der Waals surface area (Å²) in [6.45, 7) is 6.62. The summed E-state index contributed by atoms with van der Waals surface area (Å²) in [5.74, 6) is 0.188.